The zero-order chi connectivity index (χ0) is 16.4. The Morgan fingerprint density at radius 3 is 2.42 bits per heavy atom. The number of nitrogens with zero attached hydrogens (tertiary/aromatic N) is 3. The van der Waals surface area contributed by atoms with Crippen molar-refractivity contribution in [3.8, 4) is 11.3 Å². The number of benzene rings is 3. The van der Waals surface area contributed by atoms with Gasteiger partial charge in [0, 0.05) is 12.1 Å². The van der Waals surface area contributed by atoms with E-state index in [1.807, 2.05) is 22.9 Å². The van der Waals surface area contributed by atoms with Gasteiger partial charge in [0.25, 0.3) is 0 Å². The van der Waals surface area contributed by atoms with Crippen LogP contribution in [0.3, 0.4) is 0 Å². The van der Waals surface area contributed by atoms with Crippen molar-refractivity contribution in [3.63, 3.8) is 0 Å². The Labute approximate surface area is 140 Å². The van der Waals surface area contributed by atoms with Crippen LogP contribution in [0.5, 0.6) is 0 Å². The molecule has 0 fully saturated rings. The molecule has 0 bridgehead atoms. The zero-order valence-electron chi connectivity index (χ0n) is 13.3. The molecule has 4 rings (SSSR count). The Hall–Kier alpha value is -2.98. The van der Waals surface area contributed by atoms with Gasteiger partial charge in [0.2, 0.25) is 0 Å². The lowest BCUT2D eigenvalue weighted by atomic mass is 10.0. The van der Waals surface area contributed by atoms with Gasteiger partial charge in [0.05, 0.1) is 12.2 Å². The quantitative estimate of drug-likeness (QED) is 0.626. The molecule has 0 unspecified atom stereocenters. The molecule has 24 heavy (non-hydrogen) atoms. The highest BCUT2D eigenvalue weighted by Gasteiger charge is 2.14. The van der Waals surface area contributed by atoms with Gasteiger partial charge in [-0.3, -0.25) is 0 Å². The minimum atomic E-state index is 0.375. The number of nitrogens with two attached hydrogens (primary N) is 1. The van der Waals surface area contributed by atoms with Crippen molar-refractivity contribution in [3.05, 3.63) is 84.1 Å². The van der Waals surface area contributed by atoms with E-state index in [-0.39, 0.29) is 0 Å². The summed E-state index contributed by atoms with van der Waals surface area (Å²) in [4.78, 5) is 0. The normalized spacial score (nSPS) is 11.0. The Bertz CT molecular complexity index is 968. The van der Waals surface area contributed by atoms with Gasteiger partial charge in [0.1, 0.15) is 5.69 Å². The van der Waals surface area contributed by atoms with E-state index in [4.69, 9.17) is 5.73 Å². The SMILES string of the molecule is NCc1nnn(Cc2cccc3ccccc23)c1-c1ccccc1. The maximum absolute atomic E-state index is 5.87. The molecule has 0 aliphatic heterocycles. The molecule has 0 atom stereocenters. The highest BCUT2D eigenvalue weighted by atomic mass is 15.4. The van der Waals surface area contributed by atoms with Crippen LogP contribution in [0.25, 0.3) is 22.0 Å². The second-order valence-corrected chi connectivity index (χ2v) is 5.75. The maximum Gasteiger partial charge on any atom is 0.104 e. The molecule has 1 aromatic heterocycles. The third-order valence-corrected chi connectivity index (χ3v) is 4.25. The number of hydrogen-bond acceptors (Lipinski definition) is 3. The number of fused-ring (bicyclic) bond motifs is 1. The second-order valence-electron chi connectivity index (χ2n) is 5.75. The average Bonchev–Trinajstić information content (AvgIpc) is 3.05. The Morgan fingerprint density at radius 1 is 0.833 bits per heavy atom. The molecule has 0 aliphatic carbocycles. The first kappa shape index (κ1) is 14.6. The third-order valence-electron chi connectivity index (χ3n) is 4.25. The zero-order valence-corrected chi connectivity index (χ0v) is 13.3. The van der Waals surface area contributed by atoms with Gasteiger partial charge in [-0.15, -0.1) is 5.10 Å². The lowest BCUT2D eigenvalue weighted by Crippen LogP contribution is -2.06. The number of rotatable bonds is 4. The van der Waals surface area contributed by atoms with Gasteiger partial charge >= 0.3 is 0 Å². The summed E-state index contributed by atoms with van der Waals surface area (Å²) in [5.74, 6) is 0. The summed E-state index contributed by atoms with van der Waals surface area (Å²) in [5, 5.41) is 11.1. The monoisotopic (exact) mass is 314 g/mol. The van der Waals surface area contributed by atoms with Gasteiger partial charge in [-0.2, -0.15) is 0 Å². The van der Waals surface area contributed by atoms with E-state index in [1.165, 1.54) is 16.3 Å². The number of aromatic nitrogens is 3. The predicted molar refractivity (Wildman–Crippen MR) is 96.4 cm³/mol. The van der Waals surface area contributed by atoms with Crippen LogP contribution >= 0.6 is 0 Å². The first-order valence-electron chi connectivity index (χ1n) is 8.01. The van der Waals surface area contributed by atoms with Crippen molar-refractivity contribution >= 4 is 10.8 Å². The van der Waals surface area contributed by atoms with Crippen molar-refractivity contribution in [2.75, 3.05) is 0 Å². The van der Waals surface area contributed by atoms with Crippen LogP contribution in [0.2, 0.25) is 0 Å². The lowest BCUT2D eigenvalue weighted by molar-refractivity contribution is 0.657. The highest BCUT2D eigenvalue weighted by molar-refractivity contribution is 5.85. The largest absolute Gasteiger partial charge is 0.325 e. The summed E-state index contributed by atoms with van der Waals surface area (Å²) in [6.45, 7) is 1.04. The van der Waals surface area contributed by atoms with E-state index < -0.39 is 0 Å². The van der Waals surface area contributed by atoms with Crippen LogP contribution in [0.1, 0.15) is 11.3 Å². The highest BCUT2D eigenvalue weighted by Crippen LogP contribution is 2.25. The predicted octanol–water partition coefficient (Wildman–Crippen LogP) is 3.61. The van der Waals surface area contributed by atoms with Crippen molar-refractivity contribution in [1.82, 2.24) is 15.0 Å². The summed E-state index contributed by atoms with van der Waals surface area (Å²) in [6.07, 6.45) is 0. The summed E-state index contributed by atoms with van der Waals surface area (Å²) in [5.41, 5.74) is 9.99. The smallest absolute Gasteiger partial charge is 0.104 e. The van der Waals surface area contributed by atoms with Gasteiger partial charge in [-0.25, -0.2) is 4.68 Å². The summed E-state index contributed by atoms with van der Waals surface area (Å²) in [6, 6.07) is 24.9. The molecule has 2 N–H and O–H groups in total. The molecular formula is C20H18N4. The molecule has 4 nitrogen and oxygen atoms in total. The Morgan fingerprint density at radius 2 is 1.58 bits per heavy atom. The van der Waals surface area contributed by atoms with Gasteiger partial charge in [-0.1, -0.05) is 78.0 Å². The fraction of sp³-hybridized carbons (Fsp3) is 0.100. The molecule has 0 amide bonds. The molecule has 0 saturated carbocycles. The number of hydrogen-bond donors (Lipinski definition) is 1. The van der Waals surface area contributed by atoms with Crippen molar-refractivity contribution < 1.29 is 0 Å². The van der Waals surface area contributed by atoms with Crippen LogP contribution < -0.4 is 5.73 Å². The molecular weight excluding hydrogens is 296 g/mol. The summed E-state index contributed by atoms with van der Waals surface area (Å²) >= 11 is 0. The van der Waals surface area contributed by atoms with E-state index in [0.29, 0.717) is 13.1 Å². The molecule has 4 heteroatoms. The first-order valence-corrected chi connectivity index (χ1v) is 8.01. The maximum atomic E-state index is 5.87. The topological polar surface area (TPSA) is 56.7 Å². The van der Waals surface area contributed by atoms with E-state index in [0.717, 1.165) is 17.0 Å². The van der Waals surface area contributed by atoms with Crippen LogP contribution in [-0.2, 0) is 13.1 Å². The van der Waals surface area contributed by atoms with Crippen molar-refractivity contribution in [1.29, 1.82) is 0 Å². The van der Waals surface area contributed by atoms with E-state index in [9.17, 15) is 0 Å². The Kier molecular flexibility index (Phi) is 3.81. The summed E-state index contributed by atoms with van der Waals surface area (Å²) < 4.78 is 1.94. The molecule has 0 radical (unpaired) electrons. The first-order chi connectivity index (χ1) is 11.9. The van der Waals surface area contributed by atoms with Crippen molar-refractivity contribution in [2.45, 2.75) is 13.1 Å². The third kappa shape index (κ3) is 2.57. The second kappa shape index (κ2) is 6.26. The minimum Gasteiger partial charge on any atom is -0.325 e. The van der Waals surface area contributed by atoms with Gasteiger partial charge < -0.3 is 5.73 Å². The molecule has 4 aromatic rings. The van der Waals surface area contributed by atoms with Crippen LogP contribution in [0.15, 0.2) is 72.8 Å². The molecule has 118 valence electrons. The molecule has 0 saturated heterocycles. The van der Waals surface area contributed by atoms with Crippen LogP contribution in [0.4, 0.5) is 0 Å². The van der Waals surface area contributed by atoms with Crippen LogP contribution in [0, 0.1) is 0 Å². The molecule has 0 spiro atoms. The van der Waals surface area contributed by atoms with E-state index in [2.05, 4.69) is 64.9 Å². The van der Waals surface area contributed by atoms with Gasteiger partial charge in [0.15, 0.2) is 0 Å². The fourth-order valence-electron chi connectivity index (χ4n) is 3.10. The van der Waals surface area contributed by atoms with Gasteiger partial charge in [-0.05, 0) is 16.3 Å². The van der Waals surface area contributed by atoms with E-state index in [1.54, 1.807) is 0 Å². The fourth-order valence-corrected chi connectivity index (χ4v) is 3.10. The average molecular weight is 314 g/mol. The van der Waals surface area contributed by atoms with E-state index >= 15 is 0 Å². The molecule has 1 heterocycles. The molecule has 0 aliphatic rings. The molecule has 3 aromatic carbocycles. The Balaban J connectivity index is 1.82. The lowest BCUT2D eigenvalue weighted by Gasteiger charge is -2.10. The van der Waals surface area contributed by atoms with Crippen LogP contribution in [-0.4, -0.2) is 15.0 Å². The minimum absolute atomic E-state index is 0.375. The van der Waals surface area contributed by atoms with Crippen molar-refractivity contribution in [2.24, 2.45) is 5.73 Å². The summed E-state index contributed by atoms with van der Waals surface area (Å²) in [7, 11) is 0. The standard InChI is InChI=1S/C20H18N4/c21-13-19-20(16-8-2-1-3-9-16)24(23-22-19)14-17-11-6-10-15-7-4-5-12-18(15)17/h1-12H,13-14,21H2.